The van der Waals surface area contributed by atoms with E-state index in [4.69, 9.17) is 9.47 Å². The molecule has 5 heteroatoms. The van der Waals surface area contributed by atoms with Gasteiger partial charge in [0.2, 0.25) is 5.91 Å². The summed E-state index contributed by atoms with van der Waals surface area (Å²) in [5.41, 5.74) is 4.05. The SMILES string of the molecule is COCOc1ccc(/C=C/C(=O)Nc2ccc(Cc3ccncc3)cc2)cc1. The Labute approximate surface area is 164 Å². The largest absolute Gasteiger partial charge is 0.468 e. The molecule has 0 bridgehead atoms. The van der Waals surface area contributed by atoms with Crippen molar-refractivity contribution in [1.29, 1.82) is 0 Å². The zero-order chi connectivity index (χ0) is 19.6. The first-order valence-electron chi connectivity index (χ1n) is 8.91. The molecule has 0 aliphatic rings. The molecule has 0 fully saturated rings. The van der Waals surface area contributed by atoms with Crippen molar-refractivity contribution in [2.24, 2.45) is 0 Å². The summed E-state index contributed by atoms with van der Waals surface area (Å²) in [6, 6.07) is 19.3. The zero-order valence-electron chi connectivity index (χ0n) is 15.7. The number of ether oxygens (including phenoxy) is 2. The van der Waals surface area contributed by atoms with E-state index in [1.807, 2.05) is 60.7 Å². The van der Waals surface area contributed by atoms with Gasteiger partial charge in [-0.2, -0.15) is 0 Å². The molecule has 0 saturated carbocycles. The van der Waals surface area contributed by atoms with Gasteiger partial charge in [-0.05, 0) is 65.6 Å². The number of anilines is 1. The second kappa shape index (κ2) is 10.0. The van der Waals surface area contributed by atoms with Gasteiger partial charge in [-0.1, -0.05) is 24.3 Å². The molecule has 1 heterocycles. The van der Waals surface area contributed by atoms with Crippen LogP contribution in [0.3, 0.4) is 0 Å². The van der Waals surface area contributed by atoms with Gasteiger partial charge in [0.15, 0.2) is 6.79 Å². The second-order valence-corrected chi connectivity index (χ2v) is 6.17. The lowest BCUT2D eigenvalue weighted by atomic mass is 10.1. The third-order valence-corrected chi connectivity index (χ3v) is 4.03. The Morgan fingerprint density at radius 2 is 1.64 bits per heavy atom. The molecule has 2 aromatic carbocycles. The number of carbonyl (C=O) groups excluding carboxylic acids is 1. The highest BCUT2D eigenvalue weighted by Crippen LogP contribution is 2.15. The van der Waals surface area contributed by atoms with Crippen LogP contribution in [0.4, 0.5) is 5.69 Å². The molecule has 3 aromatic rings. The van der Waals surface area contributed by atoms with Gasteiger partial charge >= 0.3 is 0 Å². The van der Waals surface area contributed by atoms with Gasteiger partial charge in [0, 0.05) is 31.3 Å². The summed E-state index contributed by atoms with van der Waals surface area (Å²) < 4.78 is 10.2. The number of rotatable bonds is 8. The molecule has 142 valence electrons. The standard InChI is InChI=1S/C23H22N2O3/c1-27-17-28-22-9-4-18(5-10-22)6-11-23(26)25-21-7-2-19(3-8-21)16-20-12-14-24-15-13-20/h2-15H,16-17H2,1H3,(H,25,26)/b11-6+. The zero-order valence-corrected chi connectivity index (χ0v) is 15.7. The molecule has 1 amide bonds. The average molecular weight is 374 g/mol. The number of benzene rings is 2. The van der Waals surface area contributed by atoms with Crippen LogP contribution in [0, 0.1) is 0 Å². The van der Waals surface area contributed by atoms with Crippen LogP contribution in [0.2, 0.25) is 0 Å². The minimum Gasteiger partial charge on any atom is -0.468 e. The summed E-state index contributed by atoms with van der Waals surface area (Å²) in [4.78, 5) is 16.1. The average Bonchev–Trinajstić information content (AvgIpc) is 2.74. The molecule has 0 aliphatic carbocycles. The fraction of sp³-hybridized carbons (Fsp3) is 0.130. The van der Waals surface area contributed by atoms with Crippen LogP contribution in [0.1, 0.15) is 16.7 Å². The van der Waals surface area contributed by atoms with Crippen molar-refractivity contribution in [1.82, 2.24) is 4.98 Å². The first-order chi connectivity index (χ1) is 13.7. The molecule has 28 heavy (non-hydrogen) atoms. The van der Waals surface area contributed by atoms with Crippen LogP contribution in [0.5, 0.6) is 5.75 Å². The normalized spacial score (nSPS) is 10.8. The molecule has 1 aromatic heterocycles. The van der Waals surface area contributed by atoms with Gasteiger partial charge in [-0.25, -0.2) is 0 Å². The van der Waals surface area contributed by atoms with Crippen LogP contribution < -0.4 is 10.1 Å². The number of hydrogen-bond donors (Lipinski definition) is 1. The minimum atomic E-state index is -0.179. The highest BCUT2D eigenvalue weighted by molar-refractivity contribution is 6.01. The lowest BCUT2D eigenvalue weighted by molar-refractivity contribution is -0.111. The summed E-state index contributed by atoms with van der Waals surface area (Å²) >= 11 is 0. The summed E-state index contributed by atoms with van der Waals surface area (Å²) in [5.74, 6) is 0.539. The monoisotopic (exact) mass is 374 g/mol. The van der Waals surface area contributed by atoms with Crippen molar-refractivity contribution in [3.63, 3.8) is 0 Å². The van der Waals surface area contributed by atoms with Crippen LogP contribution in [0.25, 0.3) is 6.08 Å². The van der Waals surface area contributed by atoms with Crippen molar-refractivity contribution in [3.05, 3.63) is 95.8 Å². The highest BCUT2D eigenvalue weighted by atomic mass is 16.7. The molecule has 0 aliphatic heterocycles. The van der Waals surface area contributed by atoms with E-state index in [9.17, 15) is 4.79 Å². The number of nitrogens with zero attached hydrogens (tertiary/aromatic N) is 1. The van der Waals surface area contributed by atoms with Gasteiger partial charge in [-0.15, -0.1) is 0 Å². The topological polar surface area (TPSA) is 60.5 Å². The van der Waals surface area contributed by atoms with E-state index in [-0.39, 0.29) is 12.7 Å². The second-order valence-electron chi connectivity index (χ2n) is 6.17. The predicted octanol–water partition coefficient (Wildman–Crippen LogP) is 4.31. The van der Waals surface area contributed by atoms with Crippen molar-refractivity contribution in [2.75, 3.05) is 19.2 Å². The number of aromatic nitrogens is 1. The van der Waals surface area contributed by atoms with Gasteiger partial charge in [-0.3, -0.25) is 9.78 Å². The number of nitrogens with one attached hydrogen (secondary N) is 1. The Hall–Kier alpha value is -3.44. The fourth-order valence-corrected chi connectivity index (χ4v) is 2.60. The van der Waals surface area contributed by atoms with E-state index in [0.29, 0.717) is 0 Å². The van der Waals surface area contributed by atoms with Crippen LogP contribution in [-0.4, -0.2) is 24.8 Å². The number of hydrogen-bond acceptors (Lipinski definition) is 4. The van der Waals surface area contributed by atoms with Crippen LogP contribution in [-0.2, 0) is 16.0 Å². The van der Waals surface area contributed by atoms with Crippen LogP contribution >= 0.6 is 0 Å². The van der Waals surface area contributed by atoms with Gasteiger partial charge in [0.1, 0.15) is 5.75 Å². The molecule has 0 atom stereocenters. The number of pyridine rings is 1. The summed E-state index contributed by atoms with van der Waals surface area (Å²) in [7, 11) is 1.57. The first kappa shape index (κ1) is 19.3. The first-order valence-corrected chi connectivity index (χ1v) is 8.91. The molecule has 0 unspecified atom stereocenters. The maximum absolute atomic E-state index is 12.1. The van der Waals surface area contributed by atoms with Crippen molar-refractivity contribution in [3.8, 4) is 5.75 Å². The summed E-state index contributed by atoms with van der Waals surface area (Å²) in [6.07, 6.45) is 7.68. The third kappa shape index (κ3) is 6.07. The van der Waals surface area contributed by atoms with Crippen molar-refractivity contribution in [2.45, 2.75) is 6.42 Å². The Morgan fingerprint density at radius 3 is 2.32 bits per heavy atom. The molecule has 0 saturated heterocycles. The lowest BCUT2D eigenvalue weighted by Gasteiger charge is -2.05. The van der Waals surface area contributed by atoms with Gasteiger partial charge in [0.05, 0.1) is 0 Å². The number of carbonyl (C=O) groups is 1. The molecule has 0 radical (unpaired) electrons. The fourth-order valence-electron chi connectivity index (χ4n) is 2.60. The maximum atomic E-state index is 12.1. The lowest BCUT2D eigenvalue weighted by Crippen LogP contribution is -2.07. The Morgan fingerprint density at radius 1 is 0.964 bits per heavy atom. The smallest absolute Gasteiger partial charge is 0.248 e. The number of amides is 1. The van der Waals surface area contributed by atoms with Crippen molar-refractivity contribution >= 4 is 17.7 Å². The third-order valence-electron chi connectivity index (χ3n) is 4.03. The van der Waals surface area contributed by atoms with E-state index in [1.54, 1.807) is 25.6 Å². The maximum Gasteiger partial charge on any atom is 0.248 e. The highest BCUT2D eigenvalue weighted by Gasteiger charge is 2.00. The van der Waals surface area contributed by atoms with Gasteiger partial charge < -0.3 is 14.8 Å². The van der Waals surface area contributed by atoms with Crippen LogP contribution in [0.15, 0.2) is 79.1 Å². The quantitative estimate of drug-likeness (QED) is 0.472. The van der Waals surface area contributed by atoms with E-state index in [1.165, 1.54) is 17.2 Å². The van der Waals surface area contributed by atoms with E-state index >= 15 is 0 Å². The van der Waals surface area contributed by atoms with E-state index in [0.717, 1.165) is 23.4 Å². The Kier molecular flexibility index (Phi) is 6.93. The van der Waals surface area contributed by atoms with Gasteiger partial charge in [0.25, 0.3) is 0 Å². The molecule has 5 nitrogen and oxygen atoms in total. The molecule has 0 spiro atoms. The molecular formula is C23H22N2O3. The summed E-state index contributed by atoms with van der Waals surface area (Å²) in [5, 5.41) is 2.87. The van der Waals surface area contributed by atoms with E-state index < -0.39 is 0 Å². The Bertz CT molecular complexity index is 905. The number of methoxy groups -OCH3 is 1. The van der Waals surface area contributed by atoms with Crippen molar-refractivity contribution < 1.29 is 14.3 Å². The minimum absolute atomic E-state index is 0.179. The predicted molar refractivity (Wildman–Crippen MR) is 110 cm³/mol. The summed E-state index contributed by atoms with van der Waals surface area (Å²) in [6.45, 7) is 0.207. The molecule has 3 rings (SSSR count). The van der Waals surface area contributed by atoms with E-state index in [2.05, 4.69) is 10.3 Å². The Balaban J connectivity index is 1.52. The molecule has 1 N–H and O–H groups in total. The molecular weight excluding hydrogens is 352 g/mol.